The number of carbonyl (C=O) groups excluding carboxylic acids is 4. The smallest absolute Gasteiger partial charge is 0.307 e. The van der Waals surface area contributed by atoms with Gasteiger partial charge < -0.3 is 29.3 Å². The molecule has 8 heteroatoms. The summed E-state index contributed by atoms with van der Waals surface area (Å²) in [5.74, 6) is -5.87. The molecule has 0 fully saturated rings. The summed E-state index contributed by atoms with van der Waals surface area (Å²) < 4.78 is 9.16. The summed E-state index contributed by atoms with van der Waals surface area (Å²) >= 11 is 0. The van der Waals surface area contributed by atoms with Crippen LogP contribution >= 0.6 is 0 Å². The van der Waals surface area contributed by atoms with Gasteiger partial charge in [-0.3, -0.25) is 9.59 Å². The van der Waals surface area contributed by atoms with Gasteiger partial charge in [0, 0.05) is 0 Å². The van der Waals surface area contributed by atoms with Crippen LogP contribution in [-0.4, -0.2) is 37.1 Å². The van der Waals surface area contributed by atoms with E-state index in [0.29, 0.717) is 0 Å². The predicted octanol–water partition coefficient (Wildman–Crippen LogP) is -2.06. The molecule has 0 radical (unpaired) electrons. The Morgan fingerprint density at radius 1 is 0.952 bits per heavy atom. The maximum absolute atomic E-state index is 11.5. The number of hydrogen-bond acceptors (Lipinski definition) is 8. The first-order valence-corrected chi connectivity index (χ1v) is 6.14. The standard InChI is InChI=1S/C13H18O8/c1-4-20-9(14)6-13(12(18)19,8(3)11(16)17)7-10(15)21-5-2/h3-7H2,1-2H3,(H,16,17)(H,18,19)/p-2. The van der Waals surface area contributed by atoms with E-state index in [1.165, 1.54) is 13.8 Å². The quantitative estimate of drug-likeness (QED) is 0.350. The molecule has 0 amide bonds. The molecule has 0 aromatic carbocycles. The number of esters is 2. The second-order valence-electron chi connectivity index (χ2n) is 4.10. The van der Waals surface area contributed by atoms with E-state index in [0.717, 1.165) is 0 Å². The molecule has 0 saturated heterocycles. The van der Waals surface area contributed by atoms with Gasteiger partial charge in [-0.2, -0.15) is 0 Å². The van der Waals surface area contributed by atoms with E-state index in [-0.39, 0.29) is 13.2 Å². The van der Waals surface area contributed by atoms with Crippen LogP contribution in [0.5, 0.6) is 0 Å². The van der Waals surface area contributed by atoms with Gasteiger partial charge >= 0.3 is 11.9 Å². The van der Waals surface area contributed by atoms with Crippen molar-refractivity contribution in [3.8, 4) is 0 Å². The molecule has 0 unspecified atom stereocenters. The maximum atomic E-state index is 11.5. The molecular formula is C13H16O8-2. The highest BCUT2D eigenvalue weighted by Crippen LogP contribution is 2.35. The lowest BCUT2D eigenvalue weighted by Gasteiger charge is -2.35. The minimum absolute atomic E-state index is 0.0425. The van der Waals surface area contributed by atoms with Crippen LogP contribution in [0.15, 0.2) is 12.2 Å². The zero-order chi connectivity index (χ0) is 16.6. The fourth-order valence-corrected chi connectivity index (χ4v) is 1.66. The molecule has 0 aliphatic heterocycles. The van der Waals surface area contributed by atoms with Gasteiger partial charge in [0.05, 0.1) is 43.4 Å². The monoisotopic (exact) mass is 300 g/mol. The minimum Gasteiger partial charge on any atom is -0.549 e. The molecule has 0 saturated carbocycles. The maximum Gasteiger partial charge on any atom is 0.307 e. The summed E-state index contributed by atoms with van der Waals surface area (Å²) in [5.41, 5.74) is -3.43. The van der Waals surface area contributed by atoms with Gasteiger partial charge in [-0.1, -0.05) is 6.58 Å². The normalized spacial score (nSPS) is 10.6. The number of ether oxygens (including phenoxy) is 2. The molecule has 118 valence electrons. The van der Waals surface area contributed by atoms with Crippen molar-refractivity contribution < 1.29 is 38.9 Å². The fraction of sp³-hybridized carbons (Fsp3) is 0.538. The zero-order valence-corrected chi connectivity index (χ0v) is 11.8. The van der Waals surface area contributed by atoms with Crippen LogP contribution in [0.25, 0.3) is 0 Å². The SMILES string of the molecule is C=C(C(=O)[O-])C(CC(=O)OCC)(CC(=O)OCC)C(=O)[O-]. The van der Waals surface area contributed by atoms with Crippen LogP contribution in [0.2, 0.25) is 0 Å². The van der Waals surface area contributed by atoms with Gasteiger partial charge in [0.2, 0.25) is 0 Å². The first-order chi connectivity index (χ1) is 9.71. The van der Waals surface area contributed by atoms with E-state index < -0.39 is 47.7 Å². The molecule has 0 aromatic heterocycles. The average Bonchev–Trinajstić information content (AvgIpc) is 2.37. The summed E-state index contributed by atoms with van der Waals surface area (Å²) in [6.45, 7) is 5.96. The third-order valence-electron chi connectivity index (χ3n) is 2.72. The van der Waals surface area contributed by atoms with E-state index in [4.69, 9.17) is 0 Å². The molecule has 0 aliphatic carbocycles. The van der Waals surface area contributed by atoms with Gasteiger partial charge in [0.25, 0.3) is 0 Å². The van der Waals surface area contributed by atoms with Crippen molar-refractivity contribution in [3.05, 3.63) is 12.2 Å². The summed E-state index contributed by atoms with van der Waals surface area (Å²) in [4.78, 5) is 45.3. The molecule has 0 N–H and O–H groups in total. The Morgan fingerprint density at radius 3 is 1.57 bits per heavy atom. The Morgan fingerprint density at radius 2 is 1.33 bits per heavy atom. The minimum atomic E-state index is -2.47. The van der Waals surface area contributed by atoms with E-state index in [1.54, 1.807) is 0 Å². The number of carboxylic acid groups (broad SMARTS) is 2. The van der Waals surface area contributed by atoms with Crippen molar-refractivity contribution in [2.75, 3.05) is 13.2 Å². The number of carbonyl (C=O) groups is 4. The molecule has 0 heterocycles. The second-order valence-corrected chi connectivity index (χ2v) is 4.10. The van der Waals surface area contributed by atoms with Crippen molar-refractivity contribution in [2.45, 2.75) is 26.7 Å². The lowest BCUT2D eigenvalue weighted by Crippen LogP contribution is -2.50. The highest BCUT2D eigenvalue weighted by molar-refractivity contribution is 5.99. The average molecular weight is 300 g/mol. The highest BCUT2D eigenvalue weighted by atomic mass is 16.5. The van der Waals surface area contributed by atoms with Crippen molar-refractivity contribution in [1.29, 1.82) is 0 Å². The van der Waals surface area contributed by atoms with E-state index in [1.807, 2.05) is 0 Å². The number of rotatable bonds is 9. The van der Waals surface area contributed by atoms with Gasteiger partial charge in [0.15, 0.2) is 0 Å². The van der Waals surface area contributed by atoms with Crippen molar-refractivity contribution in [3.63, 3.8) is 0 Å². The third kappa shape index (κ3) is 4.90. The Balaban J connectivity index is 5.60. The Bertz CT molecular complexity index is 431. The Hall–Kier alpha value is -2.38. The highest BCUT2D eigenvalue weighted by Gasteiger charge is 2.41. The lowest BCUT2D eigenvalue weighted by atomic mass is 9.75. The first-order valence-electron chi connectivity index (χ1n) is 6.14. The van der Waals surface area contributed by atoms with Gasteiger partial charge in [-0.05, 0) is 19.4 Å². The second kappa shape index (κ2) is 8.03. The van der Waals surface area contributed by atoms with E-state index in [2.05, 4.69) is 16.1 Å². The summed E-state index contributed by atoms with van der Waals surface area (Å²) in [5, 5.41) is 22.3. The molecule has 0 aliphatic rings. The number of carboxylic acids is 2. The zero-order valence-electron chi connectivity index (χ0n) is 11.8. The van der Waals surface area contributed by atoms with Crippen LogP contribution in [0.4, 0.5) is 0 Å². The fourth-order valence-electron chi connectivity index (χ4n) is 1.66. The molecule has 0 aromatic rings. The molecule has 8 nitrogen and oxygen atoms in total. The predicted molar refractivity (Wildman–Crippen MR) is 64.1 cm³/mol. The Labute approximate surface area is 121 Å². The van der Waals surface area contributed by atoms with Crippen molar-refractivity contribution in [2.24, 2.45) is 5.41 Å². The summed E-state index contributed by atoms with van der Waals surface area (Å²) in [6, 6.07) is 0. The van der Waals surface area contributed by atoms with Crippen molar-refractivity contribution in [1.82, 2.24) is 0 Å². The van der Waals surface area contributed by atoms with Gasteiger partial charge in [-0.25, -0.2) is 0 Å². The van der Waals surface area contributed by atoms with Crippen LogP contribution in [0.3, 0.4) is 0 Å². The van der Waals surface area contributed by atoms with Crippen LogP contribution in [0, 0.1) is 5.41 Å². The molecule has 0 bridgehead atoms. The lowest BCUT2D eigenvalue weighted by molar-refractivity contribution is -0.322. The molecule has 0 rings (SSSR count). The van der Waals surface area contributed by atoms with Crippen LogP contribution < -0.4 is 10.2 Å². The topological polar surface area (TPSA) is 133 Å². The van der Waals surface area contributed by atoms with Crippen LogP contribution in [0.1, 0.15) is 26.7 Å². The first kappa shape index (κ1) is 18.6. The molecular weight excluding hydrogens is 284 g/mol. The largest absolute Gasteiger partial charge is 0.549 e. The molecule has 21 heavy (non-hydrogen) atoms. The van der Waals surface area contributed by atoms with Crippen molar-refractivity contribution >= 4 is 23.9 Å². The number of hydrogen-bond donors (Lipinski definition) is 0. The van der Waals surface area contributed by atoms with E-state index >= 15 is 0 Å². The van der Waals surface area contributed by atoms with Crippen LogP contribution in [-0.2, 0) is 28.7 Å². The summed E-state index contributed by atoms with van der Waals surface area (Å²) in [6.07, 6.45) is -1.84. The van der Waals surface area contributed by atoms with Gasteiger partial charge in [0.1, 0.15) is 0 Å². The van der Waals surface area contributed by atoms with E-state index in [9.17, 15) is 29.4 Å². The third-order valence-corrected chi connectivity index (χ3v) is 2.72. The summed E-state index contributed by atoms with van der Waals surface area (Å²) in [7, 11) is 0. The molecule has 0 spiro atoms. The molecule has 0 atom stereocenters. The Kier molecular flexibility index (Phi) is 7.12. The number of aliphatic carboxylic acids is 2. The van der Waals surface area contributed by atoms with Gasteiger partial charge in [-0.15, -0.1) is 0 Å².